The van der Waals surface area contributed by atoms with Gasteiger partial charge in [-0.1, -0.05) is 35.5 Å². The quantitative estimate of drug-likeness (QED) is 0.471. The average molecular weight is 352 g/mol. The number of nitrogens with zero attached hydrogens (tertiary/aromatic N) is 3. The van der Waals surface area contributed by atoms with Crippen LogP contribution < -0.4 is 0 Å². The highest BCUT2D eigenvalue weighted by molar-refractivity contribution is 8.00. The summed E-state index contributed by atoms with van der Waals surface area (Å²) in [5, 5.41) is 2.79. The molecule has 0 bridgehead atoms. The summed E-state index contributed by atoms with van der Waals surface area (Å²) in [5.74, 6) is 0.743. The summed E-state index contributed by atoms with van der Waals surface area (Å²) in [5.41, 5.74) is 3.11. The summed E-state index contributed by atoms with van der Waals surface area (Å²) in [6, 6.07) is 8.19. The van der Waals surface area contributed by atoms with Crippen molar-refractivity contribution in [3.63, 3.8) is 0 Å². The van der Waals surface area contributed by atoms with Crippen molar-refractivity contribution in [1.29, 1.82) is 0 Å². The van der Waals surface area contributed by atoms with E-state index in [2.05, 4.69) is 21.4 Å². The van der Waals surface area contributed by atoms with Gasteiger partial charge in [-0.15, -0.1) is 22.7 Å². The Kier molecular flexibility index (Phi) is 3.41. The Hall–Kier alpha value is -1.08. The van der Waals surface area contributed by atoms with Crippen LogP contribution in [-0.4, -0.2) is 14.4 Å². The number of hydrogen-bond donors (Lipinski definition) is 0. The van der Waals surface area contributed by atoms with E-state index < -0.39 is 0 Å². The number of thioether (sulfide) groups is 1. The van der Waals surface area contributed by atoms with Gasteiger partial charge in [0, 0.05) is 16.8 Å². The third-order valence-electron chi connectivity index (χ3n) is 3.15. The molecule has 3 aromatic heterocycles. The lowest BCUT2D eigenvalue weighted by atomic mass is 10.3. The van der Waals surface area contributed by atoms with Crippen molar-refractivity contribution < 1.29 is 0 Å². The Morgan fingerprint density at radius 1 is 1.29 bits per heavy atom. The summed E-state index contributed by atoms with van der Waals surface area (Å²) >= 11 is 11.4. The first kappa shape index (κ1) is 13.6. The van der Waals surface area contributed by atoms with Gasteiger partial charge < -0.3 is 0 Å². The van der Waals surface area contributed by atoms with Crippen molar-refractivity contribution in [2.45, 2.75) is 17.0 Å². The van der Waals surface area contributed by atoms with Crippen LogP contribution in [0.2, 0.25) is 5.15 Å². The molecule has 0 radical (unpaired) electrons. The van der Waals surface area contributed by atoms with E-state index in [1.807, 2.05) is 29.5 Å². The predicted molar refractivity (Wildman–Crippen MR) is 92.0 cm³/mol. The molecule has 3 heterocycles. The van der Waals surface area contributed by atoms with Crippen molar-refractivity contribution in [1.82, 2.24) is 14.4 Å². The fourth-order valence-electron chi connectivity index (χ4n) is 2.13. The highest BCUT2D eigenvalue weighted by atomic mass is 35.5. The maximum absolute atomic E-state index is 6.43. The molecule has 1 aromatic carbocycles. The molecule has 0 saturated carbocycles. The third-order valence-corrected chi connectivity index (χ3v) is 6.67. The zero-order valence-electron chi connectivity index (χ0n) is 11.0. The van der Waals surface area contributed by atoms with Crippen molar-refractivity contribution in [2.75, 3.05) is 0 Å². The number of para-hydroxylation sites is 1. The van der Waals surface area contributed by atoms with E-state index in [0.717, 1.165) is 37.1 Å². The first-order valence-electron chi connectivity index (χ1n) is 6.31. The van der Waals surface area contributed by atoms with Crippen LogP contribution >= 0.6 is 46.0 Å². The second-order valence-electron chi connectivity index (χ2n) is 4.58. The first-order chi connectivity index (χ1) is 10.2. The highest BCUT2D eigenvalue weighted by Gasteiger charge is 2.14. The van der Waals surface area contributed by atoms with Gasteiger partial charge in [-0.3, -0.25) is 4.40 Å². The largest absolute Gasteiger partial charge is 0.278 e. The molecule has 0 unspecified atom stereocenters. The molecule has 0 aliphatic carbocycles. The molecule has 0 saturated heterocycles. The summed E-state index contributed by atoms with van der Waals surface area (Å²) in [7, 11) is 0. The van der Waals surface area contributed by atoms with Crippen LogP contribution in [0.5, 0.6) is 0 Å². The second kappa shape index (κ2) is 5.28. The van der Waals surface area contributed by atoms with Crippen LogP contribution in [-0.2, 0) is 5.75 Å². The number of aromatic nitrogens is 3. The van der Waals surface area contributed by atoms with Gasteiger partial charge in [0.05, 0.1) is 15.9 Å². The van der Waals surface area contributed by atoms with E-state index in [0.29, 0.717) is 0 Å². The van der Waals surface area contributed by atoms with E-state index in [4.69, 9.17) is 11.6 Å². The topological polar surface area (TPSA) is 30.2 Å². The number of hydrogen-bond acceptors (Lipinski definition) is 5. The minimum Gasteiger partial charge on any atom is -0.278 e. The van der Waals surface area contributed by atoms with Gasteiger partial charge in [-0.25, -0.2) is 9.97 Å². The summed E-state index contributed by atoms with van der Waals surface area (Å²) in [6.45, 7) is 2.04. The molecule has 7 heteroatoms. The molecule has 3 nitrogen and oxygen atoms in total. The standard InChI is InChI=1S/C14H10ClN3S3/c1-8-6-19-13-16-10(12(15)18(8)13)7-20-14-17-9-4-2-3-5-11(9)21-14/h2-6H,7H2,1H3. The maximum Gasteiger partial charge on any atom is 0.195 e. The van der Waals surface area contributed by atoms with Gasteiger partial charge in [0.2, 0.25) is 0 Å². The normalized spacial score (nSPS) is 11.7. The van der Waals surface area contributed by atoms with Crippen LogP contribution in [0.15, 0.2) is 34.0 Å². The van der Waals surface area contributed by atoms with E-state index in [-0.39, 0.29) is 0 Å². The van der Waals surface area contributed by atoms with Gasteiger partial charge >= 0.3 is 0 Å². The van der Waals surface area contributed by atoms with E-state index in [1.54, 1.807) is 34.4 Å². The SMILES string of the molecule is Cc1csc2nc(CSc3nc4ccccc4s3)c(Cl)n12. The van der Waals surface area contributed by atoms with Crippen LogP contribution in [0.3, 0.4) is 0 Å². The Morgan fingerprint density at radius 2 is 2.14 bits per heavy atom. The van der Waals surface area contributed by atoms with Crippen molar-refractivity contribution in [3.05, 3.63) is 46.2 Å². The molecule has 21 heavy (non-hydrogen) atoms. The number of thiazole rings is 2. The lowest BCUT2D eigenvalue weighted by Crippen LogP contribution is -1.85. The Bertz CT molecular complexity index is 905. The smallest absolute Gasteiger partial charge is 0.195 e. The zero-order valence-corrected chi connectivity index (χ0v) is 14.2. The van der Waals surface area contributed by atoms with Crippen molar-refractivity contribution in [2.24, 2.45) is 0 Å². The minimum absolute atomic E-state index is 0.720. The number of fused-ring (bicyclic) bond motifs is 2. The van der Waals surface area contributed by atoms with Gasteiger partial charge in [-0.2, -0.15) is 0 Å². The molecule has 0 spiro atoms. The summed E-state index contributed by atoms with van der Waals surface area (Å²) in [4.78, 5) is 10.2. The molecule has 0 N–H and O–H groups in total. The maximum atomic E-state index is 6.43. The summed E-state index contributed by atoms with van der Waals surface area (Å²) < 4.78 is 4.27. The Labute approximate surface area is 138 Å². The third kappa shape index (κ3) is 2.36. The van der Waals surface area contributed by atoms with Crippen LogP contribution in [0.4, 0.5) is 0 Å². The van der Waals surface area contributed by atoms with Crippen molar-refractivity contribution in [3.8, 4) is 0 Å². The molecule has 0 atom stereocenters. The molecule has 0 aliphatic rings. The van der Waals surface area contributed by atoms with Crippen LogP contribution in [0.25, 0.3) is 15.2 Å². The number of halogens is 1. The fraction of sp³-hybridized carbons (Fsp3) is 0.143. The van der Waals surface area contributed by atoms with Gasteiger partial charge in [-0.05, 0) is 19.1 Å². The molecular formula is C14H10ClN3S3. The minimum atomic E-state index is 0.720. The number of imidazole rings is 1. The molecule has 0 aliphatic heterocycles. The molecular weight excluding hydrogens is 342 g/mol. The molecule has 0 amide bonds. The van der Waals surface area contributed by atoms with Gasteiger partial charge in [0.1, 0.15) is 5.15 Å². The fourth-order valence-corrected chi connectivity index (χ4v) is 5.47. The van der Waals surface area contributed by atoms with Crippen molar-refractivity contribution >= 4 is 61.2 Å². The Balaban J connectivity index is 1.61. The highest BCUT2D eigenvalue weighted by Crippen LogP contribution is 2.33. The number of benzene rings is 1. The first-order valence-corrected chi connectivity index (χ1v) is 9.37. The van der Waals surface area contributed by atoms with E-state index in [9.17, 15) is 0 Å². The lowest BCUT2D eigenvalue weighted by Gasteiger charge is -1.96. The van der Waals surface area contributed by atoms with E-state index in [1.165, 1.54) is 4.70 Å². The molecule has 106 valence electrons. The average Bonchev–Trinajstić information content (AvgIpc) is 3.13. The second-order valence-corrected chi connectivity index (χ2v) is 8.03. The molecule has 4 aromatic rings. The monoisotopic (exact) mass is 351 g/mol. The summed E-state index contributed by atoms with van der Waals surface area (Å²) in [6.07, 6.45) is 0. The molecule has 4 rings (SSSR count). The molecule has 0 fully saturated rings. The van der Waals surface area contributed by atoms with Crippen LogP contribution in [0.1, 0.15) is 11.4 Å². The van der Waals surface area contributed by atoms with Gasteiger partial charge in [0.25, 0.3) is 0 Å². The Morgan fingerprint density at radius 3 is 2.95 bits per heavy atom. The van der Waals surface area contributed by atoms with Crippen LogP contribution in [0, 0.1) is 6.92 Å². The lowest BCUT2D eigenvalue weighted by molar-refractivity contribution is 1.13. The zero-order chi connectivity index (χ0) is 14.4. The van der Waals surface area contributed by atoms with Gasteiger partial charge in [0.15, 0.2) is 9.30 Å². The number of rotatable bonds is 3. The number of aryl methyl sites for hydroxylation is 1. The van der Waals surface area contributed by atoms with E-state index >= 15 is 0 Å². The predicted octanol–water partition coefficient (Wildman–Crippen LogP) is 5.26.